The van der Waals surface area contributed by atoms with Crippen LogP contribution in [0.4, 0.5) is 18.7 Å². The lowest BCUT2D eigenvalue weighted by Crippen LogP contribution is -2.53. The summed E-state index contributed by atoms with van der Waals surface area (Å²) in [5, 5.41) is 8.10. The number of carbonyl (C=O) groups is 3. The summed E-state index contributed by atoms with van der Waals surface area (Å²) in [4.78, 5) is 57.9. The van der Waals surface area contributed by atoms with E-state index in [4.69, 9.17) is 21.3 Å². The molecule has 2 atom stereocenters. The molecule has 2 aromatic heterocycles. The topological polar surface area (TPSA) is 120 Å². The Kier molecular flexibility index (Phi) is 9.00. The number of aromatic nitrogens is 2. The lowest BCUT2D eigenvalue weighted by molar-refractivity contribution is -0.136. The number of ether oxygens (including phenoxy) is 1. The number of halogens is 3. The van der Waals surface area contributed by atoms with E-state index in [2.05, 4.69) is 20.2 Å². The highest BCUT2D eigenvalue weighted by Crippen LogP contribution is 2.38. The van der Waals surface area contributed by atoms with Gasteiger partial charge in [0.2, 0.25) is 0 Å². The molecule has 252 valence electrons. The zero-order chi connectivity index (χ0) is 34.4. The van der Waals surface area contributed by atoms with Gasteiger partial charge in [-0.2, -0.15) is 0 Å². The molecule has 7 rings (SSSR count). The number of nitrogens with zero attached hydrogens (tertiary/aromatic N) is 6. The van der Waals surface area contributed by atoms with Crippen molar-refractivity contribution in [2.75, 3.05) is 44.7 Å². The molecular weight excluding hydrogens is 696 g/mol. The molecule has 0 unspecified atom stereocenters. The first-order valence-electron chi connectivity index (χ1n) is 15.2. The van der Waals surface area contributed by atoms with E-state index in [0.29, 0.717) is 71.2 Å². The predicted molar refractivity (Wildman–Crippen MR) is 182 cm³/mol. The Hall–Kier alpha value is -4.57. The van der Waals surface area contributed by atoms with Crippen molar-refractivity contribution >= 4 is 63.0 Å². The molecule has 4 aromatic rings. The van der Waals surface area contributed by atoms with E-state index < -0.39 is 23.6 Å². The summed E-state index contributed by atoms with van der Waals surface area (Å²) in [5.41, 5.74) is 2.25. The Morgan fingerprint density at radius 1 is 1.12 bits per heavy atom. The van der Waals surface area contributed by atoms with Crippen LogP contribution in [-0.2, 0) is 9.53 Å². The van der Waals surface area contributed by atoms with E-state index >= 15 is 0 Å². The van der Waals surface area contributed by atoms with E-state index in [0.717, 1.165) is 0 Å². The average molecular weight is 724 g/mol. The van der Waals surface area contributed by atoms with Gasteiger partial charge >= 0.3 is 12.0 Å². The van der Waals surface area contributed by atoms with Crippen molar-refractivity contribution in [1.82, 2.24) is 25.1 Å². The van der Waals surface area contributed by atoms with Gasteiger partial charge in [-0.1, -0.05) is 23.7 Å². The summed E-state index contributed by atoms with van der Waals surface area (Å²) in [6.45, 7) is 3.46. The number of hydrogen-bond donors (Lipinski definition) is 1. The fraction of sp³-hybridized carbons (Fsp3) is 0.273. The van der Waals surface area contributed by atoms with Crippen LogP contribution in [0.2, 0.25) is 5.02 Å². The second kappa shape index (κ2) is 13.4. The number of urea groups is 1. The van der Waals surface area contributed by atoms with Gasteiger partial charge in [0.25, 0.3) is 0 Å². The van der Waals surface area contributed by atoms with Crippen LogP contribution in [0.15, 0.2) is 69.6 Å². The third-order valence-corrected chi connectivity index (χ3v) is 10.6. The van der Waals surface area contributed by atoms with Crippen molar-refractivity contribution < 1.29 is 27.9 Å². The van der Waals surface area contributed by atoms with Crippen molar-refractivity contribution in [3.05, 3.63) is 97.4 Å². The van der Waals surface area contributed by atoms with Gasteiger partial charge in [-0.3, -0.25) is 19.6 Å². The maximum atomic E-state index is 14.5. The molecule has 0 saturated carbocycles. The summed E-state index contributed by atoms with van der Waals surface area (Å²) < 4.78 is 33.7. The predicted octanol–water partition coefficient (Wildman–Crippen LogP) is 5.55. The van der Waals surface area contributed by atoms with E-state index in [1.807, 2.05) is 10.3 Å². The molecule has 49 heavy (non-hydrogen) atoms. The molecule has 3 aliphatic rings. The molecule has 3 aliphatic heterocycles. The van der Waals surface area contributed by atoms with Crippen LogP contribution < -0.4 is 10.2 Å². The Balaban J connectivity index is 1.13. The number of anilines is 1. The van der Waals surface area contributed by atoms with Gasteiger partial charge in [-0.25, -0.2) is 28.3 Å². The molecular formula is C33H28ClF2N7O4S2. The summed E-state index contributed by atoms with van der Waals surface area (Å²) in [6, 6.07) is 7.10. The number of Topliss-reactive ketones (excluding diaryl/α,β-unsaturated/α-hetero) is 1. The second-order valence-electron chi connectivity index (χ2n) is 11.6. The number of hydrogen-bond acceptors (Lipinski definition) is 11. The minimum atomic E-state index is -0.883. The first-order chi connectivity index (χ1) is 23.6. The van der Waals surface area contributed by atoms with Crippen LogP contribution in [0, 0.1) is 11.6 Å². The highest BCUT2D eigenvalue weighted by Gasteiger charge is 2.43. The standard InChI is InChI=1S/C33H28ClF2N7O4S2/c1-17(44)21-5-3-18(11-24(21)36)26-16-49-32(39-26)43-14-20-13-41(8-9-42(20)33(43)46)15-25-27(31(45)47-2)28(22-6-4-19(35)12-23(22)34)40-29(38-25)30-37-7-10-48-30/h3-7,10-12,16,20,28H,8-9,13-15H2,1-2H3,(H,38,40)/t20-,28-/m0/s1. The summed E-state index contributed by atoms with van der Waals surface area (Å²) in [6.07, 6.45) is 1.65. The Bertz CT molecular complexity index is 2040. The van der Waals surface area contributed by atoms with Gasteiger partial charge in [0.1, 0.15) is 17.7 Å². The van der Waals surface area contributed by atoms with Crippen LogP contribution in [0.1, 0.15) is 33.9 Å². The maximum absolute atomic E-state index is 14.5. The Labute approximate surface area is 292 Å². The van der Waals surface area contributed by atoms with Crippen LogP contribution in [0.5, 0.6) is 0 Å². The molecule has 0 spiro atoms. The van der Waals surface area contributed by atoms with Crippen LogP contribution in [-0.4, -0.2) is 89.3 Å². The number of rotatable bonds is 8. The molecule has 0 bridgehead atoms. The van der Waals surface area contributed by atoms with Crippen LogP contribution in [0.25, 0.3) is 11.3 Å². The Morgan fingerprint density at radius 2 is 1.96 bits per heavy atom. The number of nitrogens with one attached hydrogen (secondary N) is 1. The van der Waals surface area contributed by atoms with E-state index in [1.54, 1.807) is 22.5 Å². The maximum Gasteiger partial charge on any atom is 0.338 e. The number of aliphatic imine (C=N–C) groups is 1. The minimum Gasteiger partial charge on any atom is -0.466 e. The van der Waals surface area contributed by atoms with Gasteiger partial charge in [0.15, 0.2) is 21.8 Å². The first kappa shape index (κ1) is 33.0. The van der Waals surface area contributed by atoms with Crippen LogP contribution in [0.3, 0.4) is 0 Å². The fourth-order valence-electron chi connectivity index (χ4n) is 6.25. The molecule has 2 amide bonds. The highest BCUT2D eigenvalue weighted by molar-refractivity contribution is 7.14. The zero-order valence-corrected chi connectivity index (χ0v) is 28.5. The summed E-state index contributed by atoms with van der Waals surface area (Å²) in [7, 11) is 1.29. The van der Waals surface area contributed by atoms with Gasteiger partial charge in [-0.05, 0) is 31.2 Å². The van der Waals surface area contributed by atoms with Gasteiger partial charge < -0.3 is 15.0 Å². The number of ketones is 1. The minimum absolute atomic E-state index is 0.00900. The van der Waals surface area contributed by atoms with Gasteiger partial charge in [0, 0.05) is 65.0 Å². The normalized spacial score (nSPS) is 19.5. The molecule has 2 aromatic carbocycles. The van der Waals surface area contributed by atoms with Crippen molar-refractivity contribution in [1.29, 1.82) is 0 Å². The number of amidine groups is 1. The van der Waals surface area contributed by atoms with E-state index in [9.17, 15) is 23.2 Å². The third kappa shape index (κ3) is 6.34. The quantitative estimate of drug-likeness (QED) is 0.186. The number of esters is 1. The van der Waals surface area contributed by atoms with Gasteiger partial charge in [0.05, 0.1) is 36.5 Å². The fourth-order valence-corrected chi connectivity index (χ4v) is 7.94. The smallest absolute Gasteiger partial charge is 0.338 e. The highest BCUT2D eigenvalue weighted by atomic mass is 35.5. The van der Waals surface area contributed by atoms with Gasteiger partial charge in [-0.15, -0.1) is 22.7 Å². The number of carbonyl (C=O) groups excluding carboxylic acids is 3. The number of piperazine rings is 1. The number of methoxy groups -OCH3 is 1. The molecule has 5 heterocycles. The molecule has 0 radical (unpaired) electrons. The molecule has 11 nitrogen and oxygen atoms in total. The number of benzene rings is 2. The average Bonchev–Trinajstić information content (AvgIpc) is 3.85. The lowest BCUT2D eigenvalue weighted by Gasteiger charge is -2.38. The summed E-state index contributed by atoms with van der Waals surface area (Å²) >= 11 is 9.14. The molecule has 1 N–H and O–H groups in total. The second-order valence-corrected chi connectivity index (χ2v) is 13.8. The molecule has 2 saturated heterocycles. The molecule has 0 aliphatic carbocycles. The van der Waals surface area contributed by atoms with E-state index in [1.165, 1.54) is 67.0 Å². The Morgan fingerprint density at radius 3 is 2.67 bits per heavy atom. The number of thiazole rings is 2. The monoisotopic (exact) mass is 723 g/mol. The zero-order valence-electron chi connectivity index (χ0n) is 26.2. The molecule has 2 fully saturated rings. The van der Waals surface area contributed by atoms with E-state index in [-0.39, 0.29) is 34.0 Å². The van der Waals surface area contributed by atoms with Crippen molar-refractivity contribution in [2.45, 2.75) is 19.0 Å². The number of amides is 2. The van der Waals surface area contributed by atoms with Crippen molar-refractivity contribution in [3.63, 3.8) is 0 Å². The van der Waals surface area contributed by atoms with Crippen LogP contribution >= 0.6 is 34.3 Å². The number of fused-ring (bicyclic) bond motifs is 1. The SMILES string of the molecule is COC(=O)C1=C(CN2CCN3C(=O)N(c4nc(-c5ccc(C(C)=O)c(F)c5)cs4)C[C@@H]3C2)NC(c2nccs2)=N[C@H]1c1ccc(F)cc1Cl. The lowest BCUT2D eigenvalue weighted by atomic mass is 9.95. The van der Waals surface area contributed by atoms with Crippen molar-refractivity contribution in [2.24, 2.45) is 4.99 Å². The largest absolute Gasteiger partial charge is 0.466 e. The van der Waals surface area contributed by atoms with Crippen molar-refractivity contribution in [3.8, 4) is 11.3 Å². The third-order valence-electron chi connectivity index (χ3n) is 8.61. The summed E-state index contributed by atoms with van der Waals surface area (Å²) in [5.74, 6) is -1.66. The molecule has 16 heteroatoms. The first-order valence-corrected chi connectivity index (χ1v) is 17.3.